The minimum absolute atomic E-state index is 0.0697. The lowest BCUT2D eigenvalue weighted by Crippen LogP contribution is -2.27. The summed E-state index contributed by atoms with van der Waals surface area (Å²) in [5.41, 5.74) is 8.11. The molecule has 2 unspecified atom stereocenters. The summed E-state index contributed by atoms with van der Waals surface area (Å²) in [4.78, 5) is 59.3. The topological polar surface area (TPSA) is 280 Å². The van der Waals surface area contributed by atoms with Gasteiger partial charge in [-0.25, -0.2) is 29.5 Å². The lowest BCUT2D eigenvalue weighted by molar-refractivity contribution is -0.135. The van der Waals surface area contributed by atoms with Crippen LogP contribution in [-0.2, 0) is 54.2 Å². The number of nitrogen functional groups attached to an aromatic ring is 1. The molecule has 0 radical (unpaired) electrons. The first-order valence-electron chi connectivity index (χ1n) is 22.8. The van der Waals surface area contributed by atoms with Crippen molar-refractivity contribution in [3.8, 4) is 0 Å². The number of pyridine rings is 4. The number of ether oxygens (including phenoxy) is 4. The Hall–Kier alpha value is -5.03. The van der Waals surface area contributed by atoms with Crippen LogP contribution in [0.4, 0.5) is 32.9 Å². The summed E-state index contributed by atoms with van der Waals surface area (Å²) in [7, 11) is 0. The van der Waals surface area contributed by atoms with Gasteiger partial charge < -0.3 is 45.3 Å². The Kier molecular flexibility index (Phi) is 28.1. The molecule has 7 rings (SSSR count). The largest absolute Gasteiger partial charge is 0.480 e. The van der Waals surface area contributed by atoms with Crippen molar-refractivity contribution in [3.63, 3.8) is 0 Å². The summed E-state index contributed by atoms with van der Waals surface area (Å²) in [6.07, 6.45) is 13.4. The van der Waals surface area contributed by atoms with Gasteiger partial charge in [-0.15, -0.1) is 11.6 Å². The number of hydrogen-bond acceptors (Lipinski definition) is 15. The molecule has 4 heterocycles. The number of amides is 3. The molecule has 3 aliphatic carbocycles. The zero-order valence-electron chi connectivity index (χ0n) is 41.5. The molecule has 3 fully saturated rings. The molecule has 71 heavy (non-hydrogen) atoms. The molecule has 3 saturated carbocycles. The number of nitrogens with one attached hydrogen (secondary N) is 3. The highest BCUT2D eigenvalue weighted by atomic mass is 79.9. The van der Waals surface area contributed by atoms with Crippen LogP contribution in [0.3, 0.4) is 0 Å². The molecule has 0 aliphatic heterocycles. The van der Waals surface area contributed by atoms with Crippen molar-refractivity contribution < 1.29 is 53.4 Å². The molecule has 22 heteroatoms. The number of carboxylic acids is 1. The average molecular weight is 1140 g/mol. The Morgan fingerprint density at radius 1 is 0.648 bits per heavy atom. The molecule has 3 aliphatic rings. The van der Waals surface area contributed by atoms with E-state index in [9.17, 15) is 19.2 Å². The van der Waals surface area contributed by atoms with Crippen LogP contribution < -0.4 is 21.7 Å². The second-order valence-corrected chi connectivity index (χ2v) is 21.1. The van der Waals surface area contributed by atoms with Crippen LogP contribution in [0.5, 0.6) is 0 Å². The number of aliphatic hydroxyl groups is 2. The van der Waals surface area contributed by atoms with Crippen LogP contribution in [0, 0.1) is 0 Å². The maximum absolute atomic E-state index is 11.4. The van der Waals surface area contributed by atoms with Crippen molar-refractivity contribution in [3.05, 3.63) is 95.6 Å². The van der Waals surface area contributed by atoms with Gasteiger partial charge in [0.2, 0.25) is 5.91 Å². The summed E-state index contributed by atoms with van der Waals surface area (Å²) in [6.45, 7) is 15.3. The van der Waals surface area contributed by atoms with Crippen LogP contribution >= 0.6 is 43.5 Å². The van der Waals surface area contributed by atoms with E-state index in [1.54, 1.807) is 110 Å². The standard InChI is InChI=1S/C12H15BrN2O2.C11H15ClN2O2.C11H16N2O3.C9H12N2O.C3H5BrO2.C3H6O/c1-8(13)12(16)15-11-5-2-9(6-14-11)7-17-10-3-4-10;1-11(2,3)16-10(15)14-9-5-4-8(6-12)7-13-9;1-11(2,3)16-10(15)13-9-5-4-8(7-14)6-12-9;10-9-4-1-7(5-11-9)6-12-8-2-3-8;1-2(4)3(5)6;4-3-1-2-3/h2,5-6,8,10H,3-4,7H2,1H3,(H,14,15,16);4-5,7H,6H2,1-3H3,(H,13,14,15);4-6,14H,7H2,1-3H3,(H,12,13,15);1,4-5,8H,2-3,6H2,(H2,10,11);2H,1H3,(H,5,6);3-4H,1-2H2. The molecule has 392 valence electrons. The van der Waals surface area contributed by atoms with Crippen LogP contribution in [0.25, 0.3) is 0 Å². The van der Waals surface area contributed by atoms with Crippen LogP contribution in [0.15, 0.2) is 73.3 Å². The van der Waals surface area contributed by atoms with Gasteiger partial charge in [-0.3, -0.25) is 20.2 Å². The molecule has 19 nitrogen and oxygen atoms in total. The van der Waals surface area contributed by atoms with E-state index in [0.29, 0.717) is 60.1 Å². The molecular formula is C49H69Br2ClN8O11. The predicted octanol–water partition coefficient (Wildman–Crippen LogP) is 9.91. The number of aliphatic carboxylic acids is 1. The van der Waals surface area contributed by atoms with Gasteiger partial charge in [0.1, 0.15) is 39.3 Å². The fraction of sp³-hybridized carbons (Fsp3) is 0.510. The second kappa shape index (κ2) is 32.1. The minimum Gasteiger partial charge on any atom is -0.480 e. The van der Waals surface area contributed by atoms with E-state index < -0.39 is 34.2 Å². The van der Waals surface area contributed by atoms with E-state index in [1.807, 2.05) is 12.1 Å². The van der Waals surface area contributed by atoms with E-state index in [1.165, 1.54) is 31.9 Å². The first-order valence-corrected chi connectivity index (χ1v) is 25.2. The number of anilines is 4. The number of halogens is 3. The Bertz CT molecular complexity index is 2100. The molecule has 0 saturated heterocycles. The van der Waals surface area contributed by atoms with Gasteiger partial charge in [-0.2, -0.15) is 0 Å². The van der Waals surface area contributed by atoms with Gasteiger partial charge in [-0.05, 0) is 140 Å². The molecule has 2 atom stereocenters. The predicted molar refractivity (Wildman–Crippen MR) is 280 cm³/mol. The van der Waals surface area contributed by atoms with Gasteiger partial charge in [0, 0.05) is 30.7 Å². The molecule has 8 N–H and O–H groups in total. The Morgan fingerprint density at radius 2 is 1.01 bits per heavy atom. The van der Waals surface area contributed by atoms with Crippen molar-refractivity contribution in [1.29, 1.82) is 0 Å². The van der Waals surface area contributed by atoms with Crippen LogP contribution in [0.1, 0.15) is 116 Å². The first kappa shape index (κ1) is 62.1. The highest BCUT2D eigenvalue weighted by Crippen LogP contribution is 2.25. The average Bonchev–Trinajstić information content (AvgIpc) is 4.16. The van der Waals surface area contributed by atoms with E-state index in [0.717, 1.165) is 29.5 Å². The third-order valence-electron chi connectivity index (χ3n) is 8.44. The smallest absolute Gasteiger partial charge is 0.413 e. The van der Waals surface area contributed by atoms with Gasteiger partial charge in [0.05, 0.1) is 43.0 Å². The van der Waals surface area contributed by atoms with E-state index in [2.05, 4.69) is 67.7 Å². The number of carbonyl (C=O) groups excluding carboxylic acids is 3. The van der Waals surface area contributed by atoms with Crippen LogP contribution in [-0.4, -0.2) is 98.5 Å². The molecule has 4 aromatic heterocycles. The highest BCUT2D eigenvalue weighted by Gasteiger charge is 2.23. The number of aromatic nitrogens is 4. The monoisotopic (exact) mass is 1140 g/mol. The maximum atomic E-state index is 11.4. The van der Waals surface area contributed by atoms with Crippen LogP contribution in [0.2, 0.25) is 0 Å². The summed E-state index contributed by atoms with van der Waals surface area (Å²) in [6, 6.07) is 14.2. The molecule has 0 spiro atoms. The lowest BCUT2D eigenvalue weighted by Gasteiger charge is -2.19. The Labute approximate surface area is 438 Å². The fourth-order valence-corrected chi connectivity index (χ4v) is 4.56. The zero-order chi connectivity index (χ0) is 53.1. The number of alkyl halides is 3. The number of rotatable bonds is 13. The van der Waals surface area contributed by atoms with Crippen molar-refractivity contribution in [2.24, 2.45) is 0 Å². The van der Waals surface area contributed by atoms with E-state index in [4.69, 9.17) is 51.6 Å². The van der Waals surface area contributed by atoms with Gasteiger partial charge in [0.25, 0.3) is 0 Å². The maximum Gasteiger partial charge on any atom is 0.413 e. The lowest BCUT2D eigenvalue weighted by atomic mass is 10.2. The van der Waals surface area contributed by atoms with Crippen molar-refractivity contribution in [1.82, 2.24) is 19.9 Å². The van der Waals surface area contributed by atoms with Crippen molar-refractivity contribution in [2.75, 3.05) is 21.7 Å². The Morgan fingerprint density at radius 3 is 1.30 bits per heavy atom. The Balaban J connectivity index is 0.000000305. The van der Waals surface area contributed by atoms with E-state index >= 15 is 0 Å². The number of nitrogens with zero attached hydrogens (tertiary/aromatic N) is 4. The zero-order valence-corrected chi connectivity index (χ0v) is 45.4. The molecule has 0 bridgehead atoms. The molecule has 0 aromatic carbocycles. The van der Waals surface area contributed by atoms with Gasteiger partial charge >= 0.3 is 18.2 Å². The molecule has 3 amide bonds. The second-order valence-electron chi connectivity index (χ2n) is 18.1. The van der Waals surface area contributed by atoms with Gasteiger partial charge in [-0.1, -0.05) is 56.1 Å². The quantitative estimate of drug-likeness (QED) is 0.0613. The minimum atomic E-state index is -0.824. The molecular weight excluding hydrogens is 1070 g/mol. The summed E-state index contributed by atoms with van der Waals surface area (Å²) in [5.74, 6) is 1.45. The SMILES string of the molecule is CC(Br)C(=O)Nc1ccc(COC2CC2)cn1.CC(Br)C(=O)O.CC(C)(C)OC(=O)Nc1ccc(CCl)cn1.CC(C)(C)OC(=O)Nc1ccc(CO)cn1.Nc1ccc(COC2CC2)cn1.OC1CC1. The van der Waals surface area contributed by atoms with Crippen molar-refractivity contribution in [2.45, 2.75) is 159 Å². The fourth-order valence-electron chi connectivity index (χ4n) is 4.29. The number of aliphatic hydroxyl groups excluding tert-OH is 2. The molecule has 4 aromatic rings. The third-order valence-corrected chi connectivity index (χ3v) is 9.55. The number of hydrogen-bond donors (Lipinski definition) is 7. The summed E-state index contributed by atoms with van der Waals surface area (Å²) >= 11 is 11.7. The number of carbonyl (C=O) groups is 4. The van der Waals surface area contributed by atoms with E-state index in [-0.39, 0.29) is 23.4 Å². The van der Waals surface area contributed by atoms with Crippen molar-refractivity contribution >= 4 is 90.8 Å². The third kappa shape index (κ3) is 33.3. The first-order chi connectivity index (χ1) is 33.3. The van der Waals surface area contributed by atoms with Gasteiger partial charge in [0.15, 0.2) is 0 Å². The highest BCUT2D eigenvalue weighted by molar-refractivity contribution is 9.10. The number of carboxylic acid groups (broad SMARTS) is 1. The number of nitrogens with two attached hydrogens (primary N) is 1. The normalized spacial score (nSPS) is 14.3. The summed E-state index contributed by atoms with van der Waals surface area (Å²) in [5, 5.41) is 32.7. The summed E-state index contributed by atoms with van der Waals surface area (Å²) < 4.78 is 21.2.